The SMILES string of the molecule is CC(=O)N(Cc1noc(C(C)C)n1)[C@H]1CCN(Cc2nnc(C)o2)C1. The molecule has 1 aliphatic rings. The summed E-state index contributed by atoms with van der Waals surface area (Å²) >= 11 is 0. The summed E-state index contributed by atoms with van der Waals surface area (Å²) in [7, 11) is 0. The van der Waals surface area contributed by atoms with Crippen molar-refractivity contribution in [2.45, 2.75) is 59.2 Å². The zero-order chi connectivity index (χ0) is 18.0. The van der Waals surface area contributed by atoms with Crippen LogP contribution in [0.3, 0.4) is 0 Å². The third kappa shape index (κ3) is 4.22. The number of aromatic nitrogens is 4. The smallest absolute Gasteiger partial charge is 0.230 e. The fourth-order valence-electron chi connectivity index (χ4n) is 3.02. The molecule has 0 saturated carbocycles. The summed E-state index contributed by atoms with van der Waals surface area (Å²) in [6, 6.07) is 0.113. The molecule has 0 radical (unpaired) electrons. The molecule has 0 aliphatic carbocycles. The van der Waals surface area contributed by atoms with Crippen LogP contribution in [0.1, 0.15) is 56.6 Å². The minimum Gasteiger partial charge on any atom is -0.424 e. The maximum atomic E-state index is 12.1. The van der Waals surface area contributed by atoms with E-state index in [0.717, 1.165) is 19.5 Å². The van der Waals surface area contributed by atoms with Crippen LogP contribution in [-0.2, 0) is 17.9 Å². The lowest BCUT2D eigenvalue weighted by Gasteiger charge is -2.26. The van der Waals surface area contributed by atoms with E-state index in [4.69, 9.17) is 8.94 Å². The van der Waals surface area contributed by atoms with E-state index in [2.05, 4.69) is 25.2 Å². The Kier molecular flexibility index (Phi) is 5.12. The van der Waals surface area contributed by atoms with Gasteiger partial charge in [-0.1, -0.05) is 19.0 Å². The number of carbonyl (C=O) groups is 1. The highest BCUT2D eigenvalue weighted by Crippen LogP contribution is 2.20. The van der Waals surface area contributed by atoms with Gasteiger partial charge in [-0.15, -0.1) is 10.2 Å². The number of aryl methyl sites for hydroxylation is 1. The highest BCUT2D eigenvalue weighted by molar-refractivity contribution is 5.73. The summed E-state index contributed by atoms with van der Waals surface area (Å²) in [6.45, 7) is 9.94. The molecule has 2 aromatic rings. The number of nitrogens with zero attached hydrogens (tertiary/aromatic N) is 6. The second-order valence-corrected chi connectivity index (χ2v) is 6.74. The lowest BCUT2D eigenvalue weighted by atomic mass is 10.2. The Morgan fingerprint density at radius 2 is 2.20 bits per heavy atom. The number of amides is 1. The predicted molar refractivity (Wildman–Crippen MR) is 87.3 cm³/mol. The molecule has 25 heavy (non-hydrogen) atoms. The van der Waals surface area contributed by atoms with Crippen LogP contribution in [0.2, 0.25) is 0 Å². The van der Waals surface area contributed by atoms with E-state index in [1.807, 2.05) is 18.7 Å². The van der Waals surface area contributed by atoms with Gasteiger partial charge in [-0.05, 0) is 6.42 Å². The van der Waals surface area contributed by atoms with Crippen molar-refractivity contribution < 1.29 is 13.7 Å². The van der Waals surface area contributed by atoms with Gasteiger partial charge in [-0.25, -0.2) is 0 Å². The van der Waals surface area contributed by atoms with Crippen molar-refractivity contribution in [2.75, 3.05) is 13.1 Å². The number of likely N-dealkylation sites (tertiary alicyclic amines) is 1. The number of hydrogen-bond donors (Lipinski definition) is 0. The summed E-state index contributed by atoms with van der Waals surface area (Å²) in [5.74, 6) is 2.49. The van der Waals surface area contributed by atoms with Crippen molar-refractivity contribution in [3.63, 3.8) is 0 Å². The van der Waals surface area contributed by atoms with Crippen LogP contribution < -0.4 is 0 Å². The molecule has 1 saturated heterocycles. The molecule has 1 aliphatic heterocycles. The molecular weight excluding hydrogens is 324 g/mol. The molecular formula is C16H24N6O3. The third-order valence-corrected chi connectivity index (χ3v) is 4.31. The van der Waals surface area contributed by atoms with Gasteiger partial charge in [0.2, 0.25) is 23.6 Å². The van der Waals surface area contributed by atoms with Crippen LogP contribution in [0.15, 0.2) is 8.94 Å². The van der Waals surface area contributed by atoms with Crippen molar-refractivity contribution in [1.29, 1.82) is 0 Å². The second kappa shape index (κ2) is 7.30. The quantitative estimate of drug-likeness (QED) is 0.774. The van der Waals surface area contributed by atoms with Crippen LogP contribution in [0.5, 0.6) is 0 Å². The Morgan fingerprint density at radius 1 is 1.40 bits per heavy atom. The number of rotatable bonds is 6. The lowest BCUT2D eigenvalue weighted by Crippen LogP contribution is -2.40. The fourth-order valence-corrected chi connectivity index (χ4v) is 3.02. The van der Waals surface area contributed by atoms with Crippen LogP contribution in [0.4, 0.5) is 0 Å². The Balaban J connectivity index is 1.61. The van der Waals surface area contributed by atoms with E-state index in [0.29, 0.717) is 36.6 Å². The Morgan fingerprint density at radius 3 is 2.80 bits per heavy atom. The molecule has 0 unspecified atom stereocenters. The summed E-state index contributed by atoms with van der Waals surface area (Å²) in [6.07, 6.45) is 0.890. The molecule has 3 rings (SSSR count). The summed E-state index contributed by atoms with van der Waals surface area (Å²) in [5.41, 5.74) is 0. The molecule has 2 aromatic heterocycles. The van der Waals surface area contributed by atoms with Gasteiger partial charge in [0.25, 0.3) is 0 Å². The van der Waals surface area contributed by atoms with Gasteiger partial charge in [0, 0.05) is 38.9 Å². The maximum Gasteiger partial charge on any atom is 0.230 e. The first-order valence-corrected chi connectivity index (χ1v) is 8.53. The molecule has 0 spiro atoms. The molecule has 0 bridgehead atoms. The standard InChI is InChI=1S/C16H24N6O3/c1-10(2)16-17-14(20-25-16)8-22(12(4)23)13-5-6-21(7-13)9-15-19-18-11(3)24-15/h10,13H,5-9H2,1-4H3/t13-/m0/s1. The van der Waals surface area contributed by atoms with E-state index >= 15 is 0 Å². The first-order chi connectivity index (χ1) is 11.9. The minimum absolute atomic E-state index is 0.0105. The van der Waals surface area contributed by atoms with Gasteiger partial charge in [0.1, 0.15) is 0 Å². The van der Waals surface area contributed by atoms with Crippen molar-refractivity contribution in [3.05, 3.63) is 23.5 Å². The minimum atomic E-state index is 0.0105. The average Bonchev–Trinajstić information content (AvgIpc) is 3.26. The van der Waals surface area contributed by atoms with Gasteiger partial charge >= 0.3 is 0 Å². The summed E-state index contributed by atoms with van der Waals surface area (Å²) in [4.78, 5) is 20.5. The summed E-state index contributed by atoms with van der Waals surface area (Å²) < 4.78 is 10.7. The Bertz CT molecular complexity index is 725. The Labute approximate surface area is 146 Å². The van der Waals surface area contributed by atoms with E-state index in [1.54, 1.807) is 13.8 Å². The fraction of sp³-hybridized carbons (Fsp3) is 0.688. The molecule has 3 heterocycles. The van der Waals surface area contributed by atoms with E-state index < -0.39 is 0 Å². The highest BCUT2D eigenvalue weighted by atomic mass is 16.5. The van der Waals surface area contributed by atoms with Gasteiger partial charge < -0.3 is 13.8 Å². The van der Waals surface area contributed by atoms with Crippen molar-refractivity contribution in [3.8, 4) is 0 Å². The van der Waals surface area contributed by atoms with Crippen molar-refractivity contribution in [2.24, 2.45) is 0 Å². The highest BCUT2D eigenvalue weighted by Gasteiger charge is 2.31. The first-order valence-electron chi connectivity index (χ1n) is 8.53. The molecule has 0 N–H and O–H groups in total. The average molecular weight is 348 g/mol. The first kappa shape index (κ1) is 17.5. The Hall–Kier alpha value is -2.29. The van der Waals surface area contributed by atoms with Crippen LogP contribution in [0.25, 0.3) is 0 Å². The molecule has 1 fully saturated rings. The maximum absolute atomic E-state index is 12.1. The zero-order valence-corrected chi connectivity index (χ0v) is 15.1. The van der Waals surface area contributed by atoms with Crippen LogP contribution in [-0.4, -0.2) is 55.2 Å². The second-order valence-electron chi connectivity index (χ2n) is 6.74. The van der Waals surface area contributed by atoms with Crippen LogP contribution >= 0.6 is 0 Å². The number of carbonyl (C=O) groups excluding carboxylic acids is 1. The van der Waals surface area contributed by atoms with Gasteiger partial charge in [0.05, 0.1) is 13.1 Å². The van der Waals surface area contributed by atoms with Gasteiger partial charge in [0.15, 0.2) is 5.82 Å². The molecule has 9 nitrogen and oxygen atoms in total. The largest absolute Gasteiger partial charge is 0.424 e. The van der Waals surface area contributed by atoms with Gasteiger partial charge in [-0.3, -0.25) is 9.69 Å². The van der Waals surface area contributed by atoms with E-state index in [-0.39, 0.29) is 17.9 Å². The van der Waals surface area contributed by atoms with Crippen LogP contribution in [0, 0.1) is 6.92 Å². The van der Waals surface area contributed by atoms with E-state index in [1.165, 1.54) is 0 Å². The number of hydrogen-bond acceptors (Lipinski definition) is 8. The van der Waals surface area contributed by atoms with Crippen molar-refractivity contribution in [1.82, 2.24) is 30.1 Å². The topological polar surface area (TPSA) is 101 Å². The zero-order valence-electron chi connectivity index (χ0n) is 15.1. The third-order valence-electron chi connectivity index (χ3n) is 4.31. The molecule has 136 valence electrons. The predicted octanol–water partition coefficient (Wildman–Crippen LogP) is 1.51. The summed E-state index contributed by atoms with van der Waals surface area (Å²) in [5, 5.41) is 11.9. The van der Waals surface area contributed by atoms with Crippen molar-refractivity contribution >= 4 is 5.91 Å². The molecule has 1 atom stereocenters. The molecule has 9 heteroatoms. The van der Waals surface area contributed by atoms with E-state index in [9.17, 15) is 4.79 Å². The lowest BCUT2D eigenvalue weighted by molar-refractivity contribution is -0.131. The molecule has 1 amide bonds. The molecule has 0 aromatic carbocycles. The van der Waals surface area contributed by atoms with Gasteiger partial charge in [-0.2, -0.15) is 4.98 Å². The normalized spacial score (nSPS) is 18.2. The monoisotopic (exact) mass is 348 g/mol.